The first-order chi connectivity index (χ1) is 9.74. The molecule has 0 atom stereocenters. The van der Waals surface area contributed by atoms with Crippen molar-refractivity contribution in [1.29, 1.82) is 5.41 Å². The Bertz CT molecular complexity index is 988. The zero-order chi connectivity index (χ0) is 13.7. The number of nitrogens with two attached hydrogens (primary N) is 1. The molecule has 0 bridgehead atoms. The predicted octanol–water partition coefficient (Wildman–Crippen LogP) is 3.15. The highest BCUT2D eigenvalue weighted by molar-refractivity contribution is 5.97. The summed E-state index contributed by atoms with van der Waals surface area (Å²) in [5.41, 5.74) is 8.52. The van der Waals surface area contributed by atoms with Gasteiger partial charge in [-0.1, -0.05) is 30.3 Å². The monoisotopic (exact) mass is 261 g/mol. The fourth-order valence-electron chi connectivity index (χ4n) is 2.50. The van der Waals surface area contributed by atoms with Gasteiger partial charge in [0, 0.05) is 16.8 Å². The van der Waals surface area contributed by atoms with Crippen LogP contribution in [0.25, 0.3) is 33.3 Å². The smallest absolute Gasteiger partial charge is 0.176 e. The molecule has 4 rings (SSSR count). The molecule has 2 aromatic rings. The van der Waals surface area contributed by atoms with Crippen molar-refractivity contribution in [1.82, 2.24) is 4.98 Å². The van der Waals surface area contributed by atoms with Crippen LogP contribution in [0.2, 0.25) is 0 Å². The number of nitrogens with zero attached hydrogens (tertiary/aromatic N) is 1. The van der Waals surface area contributed by atoms with Crippen molar-refractivity contribution in [3.63, 3.8) is 0 Å². The fourth-order valence-corrected chi connectivity index (χ4v) is 2.50. The highest BCUT2D eigenvalue weighted by Gasteiger charge is 2.14. The summed E-state index contributed by atoms with van der Waals surface area (Å²) in [6.07, 6.45) is 0. The average Bonchev–Trinajstić information content (AvgIpc) is 2.47. The molecule has 3 N–H and O–H groups in total. The van der Waals surface area contributed by atoms with Crippen LogP contribution in [0.4, 0.5) is 5.69 Å². The van der Waals surface area contributed by atoms with Crippen LogP contribution >= 0.6 is 0 Å². The van der Waals surface area contributed by atoms with E-state index in [0.717, 1.165) is 22.0 Å². The van der Waals surface area contributed by atoms with E-state index in [0.29, 0.717) is 22.4 Å². The van der Waals surface area contributed by atoms with Gasteiger partial charge in [-0.05, 0) is 12.1 Å². The SMILES string of the molecule is N=c1cc2oc3c(N)cccc3nc-2c2ccccc12. The van der Waals surface area contributed by atoms with Gasteiger partial charge >= 0.3 is 0 Å². The Hall–Kier alpha value is -2.88. The highest BCUT2D eigenvalue weighted by Crippen LogP contribution is 2.31. The van der Waals surface area contributed by atoms with Gasteiger partial charge in [0.1, 0.15) is 11.2 Å². The second-order valence-corrected chi connectivity index (χ2v) is 4.73. The fraction of sp³-hybridized carbons (Fsp3) is 0. The maximum atomic E-state index is 8.09. The van der Waals surface area contributed by atoms with Crippen LogP contribution in [-0.2, 0) is 0 Å². The average molecular weight is 261 g/mol. The minimum absolute atomic E-state index is 0.424. The van der Waals surface area contributed by atoms with Crippen molar-refractivity contribution in [3.05, 3.63) is 53.9 Å². The van der Waals surface area contributed by atoms with E-state index in [4.69, 9.17) is 15.6 Å². The van der Waals surface area contributed by atoms with Crippen LogP contribution in [0.15, 0.2) is 52.9 Å². The minimum Gasteiger partial charge on any atom is -0.451 e. The molecule has 0 radical (unpaired) electrons. The molecule has 1 heterocycles. The van der Waals surface area contributed by atoms with Crippen LogP contribution < -0.4 is 11.1 Å². The minimum atomic E-state index is 0.424. The van der Waals surface area contributed by atoms with Gasteiger partial charge in [0.05, 0.1) is 11.0 Å². The van der Waals surface area contributed by atoms with Gasteiger partial charge in [-0.15, -0.1) is 0 Å². The van der Waals surface area contributed by atoms with E-state index in [9.17, 15) is 0 Å². The Balaban J connectivity index is 2.29. The standard InChI is InChI=1S/C16H11N3O/c17-11-6-3-7-13-16(11)20-14-8-12(18)9-4-1-2-5-10(9)15(14)19-13/h1-8,18H,17H2. The van der Waals surface area contributed by atoms with Gasteiger partial charge in [0.15, 0.2) is 11.3 Å². The number of aromatic nitrogens is 1. The lowest BCUT2D eigenvalue weighted by Crippen LogP contribution is -2.04. The number of rotatable bonds is 0. The third-order valence-electron chi connectivity index (χ3n) is 3.45. The number of fused-ring (bicyclic) bond motifs is 4. The van der Waals surface area contributed by atoms with Crippen molar-refractivity contribution < 1.29 is 4.42 Å². The molecular weight excluding hydrogens is 250 g/mol. The van der Waals surface area contributed by atoms with Crippen molar-refractivity contribution in [2.24, 2.45) is 0 Å². The van der Waals surface area contributed by atoms with Crippen LogP contribution in [-0.4, -0.2) is 4.98 Å². The number of para-hydroxylation sites is 1. The first kappa shape index (κ1) is 11.0. The molecule has 0 spiro atoms. The largest absolute Gasteiger partial charge is 0.451 e. The van der Waals surface area contributed by atoms with Gasteiger partial charge in [-0.25, -0.2) is 4.98 Å². The summed E-state index contributed by atoms with van der Waals surface area (Å²) in [6, 6.07) is 14.9. The molecule has 4 nitrogen and oxygen atoms in total. The molecule has 96 valence electrons. The maximum absolute atomic E-state index is 8.09. The van der Waals surface area contributed by atoms with Crippen LogP contribution in [0.3, 0.4) is 0 Å². The van der Waals surface area contributed by atoms with E-state index in [1.807, 2.05) is 36.4 Å². The topological polar surface area (TPSA) is 75.9 Å². The summed E-state index contributed by atoms with van der Waals surface area (Å²) in [4.78, 5) is 4.65. The first-order valence-electron chi connectivity index (χ1n) is 6.29. The molecule has 4 heteroatoms. The molecule has 1 aliphatic carbocycles. The lowest BCUT2D eigenvalue weighted by Gasteiger charge is -2.10. The van der Waals surface area contributed by atoms with Crippen molar-refractivity contribution in [3.8, 4) is 11.5 Å². The summed E-state index contributed by atoms with van der Waals surface area (Å²) in [5.74, 6) is 0.582. The highest BCUT2D eigenvalue weighted by atomic mass is 16.3. The molecule has 0 unspecified atom stereocenters. The number of nitrogens with one attached hydrogen (secondary N) is 1. The summed E-state index contributed by atoms with van der Waals surface area (Å²) in [6.45, 7) is 0. The van der Waals surface area contributed by atoms with Crippen molar-refractivity contribution in [2.75, 3.05) is 5.73 Å². The Morgan fingerprint density at radius 2 is 1.80 bits per heavy atom. The van der Waals surface area contributed by atoms with E-state index in [1.165, 1.54) is 0 Å². The summed E-state index contributed by atoms with van der Waals surface area (Å²) in [5, 5.41) is 10.3. The molecule has 0 aromatic heterocycles. The number of nitrogen functional groups attached to an aromatic ring is 1. The summed E-state index contributed by atoms with van der Waals surface area (Å²) in [7, 11) is 0. The number of hydrogen-bond acceptors (Lipinski definition) is 4. The molecule has 2 aliphatic rings. The van der Waals surface area contributed by atoms with Gasteiger partial charge in [-0.3, -0.25) is 0 Å². The van der Waals surface area contributed by atoms with E-state index in [-0.39, 0.29) is 0 Å². The third kappa shape index (κ3) is 1.42. The van der Waals surface area contributed by atoms with Gasteiger partial charge in [-0.2, -0.15) is 0 Å². The molecular formula is C16H11N3O. The van der Waals surface area contributed by atoms with Crippen LogP contribution in [0, 0.1) is 5.41 Å². The lowest BCUT2D eigenvalue weighted by molar-refractivity contribution is 0.615. The van der Waals surface area contributed by atoms with E-state index < -0.39 is 0 Å². The molecule has 2 aromatic carbocycles. The molecule has 20 heavy (non-hydrogen) atoms. The zero-order valence-corrected chi connectivity index (χ0v) is 10.6. The number of anilines is 1. The zero-order valence-electron chi connectivity index (χ0n) is 10.6. The predicted molar refractivity (Wildman–Crippen MR) is 78.4 cm³/mol. The maximum Gasteiger partial charge on any atom is 0.176 e. The van der Waals surface area contributed by atoms with E-state index in [2.05, 4.69) is 4.98 Å². The quantitative estimate of drug-likeness (QED) is 0.290. The van der Waals surface area contributed by atoms with Crippen LogP contribution in [0.1, 0.15) is 0 Å². The second-order valence-electron chi connectivity index (χ2n) is 4.73. The van der Waals surface area contributed by atoms with E-state index >= 15 is 0 Å². The Morgan fingerprint density at radius 3 is 2.65 bits per heavy atom. The first-order valence-corrected chi connectivity index (χ1v) is 6.29. The molecule has 0 amide bonds. The van der Waals surface area contributed by atoms with Gasteiger partial charge in [0.25, 0.3) is 0 Å². The Morgan fingerprint density at radius 1 is 1.00 bits per heavy atom. The van der Waals surface area contributed by atoms with Gasteiger partial charge < -0.3 is 15.6 Å². The Kier molecular flexibility index (Phi) is 2.09. The molecule has 0 fully saturated rings. The third-order valence-corrected chi connectivity index (χ3v) is 3.45. The van der Waals surface area contributed by atoms with Crippen molar-refractivity contribution in [2.45, 2.75) is 0 Å². The van der Waals surface area contributed by atoms with Crippen LogP contribution in [0.5, 0.6) is 0 Å². The number of benzene rings is 3. The molecule has 1 aliphatic heterocycles. The van der Waals surface area contributed by atoms with Gasteiger partial charge in [0.2, 0.25) is 0 Å². The normalized spacial score (nSPS) is 11.4. The molecule has 0 saturated heterocycles. The molecule has 0 saturated carbocycles. The summed E-state index contributed by atoms with van der Waals surface area (Å²) >= 11 is 0. The number of hydrogen-bond donors (Lipinski definition) is 2. The van der Waals surface area contributed by atoms with E-state index in [1.54, 1.807) is 12.1 Å². The lowest BCUT2D eigenvalue weighted by atomic mass is 10.0. The Labute approximate surface area is 114 Å². The second kappa shape index (κ2) is 3.81. The van der Waals surface area contributed by atoms with Crippen molar-refractivity contribution >= 4 is 27.6 Å². The summed E-state index contributed by atoms with van der Waals surface area (Å²) < 4.78 is 5.86.